The molecule has 0 N–H and O–H groups in total. The summed E-state index contributed by atoms with van der Waals surface area (Å²) in [6.45, 7) is 5.31. The summed E-state index contributed by atoms with van der Waals surface area (Å²) in [5.41, 5.74) is 2.12. The summed E-state index contributed by atoms with van der Waals surface area (Å²) in [5.74, 6) is 1.63. The van der Waals surface area contributed by atoms with Gasteiger partial charge in [0.25, 0.3) is 5.69 Å². The van der Waals surface area contributed by atoms with Crippen molar-refractivity contribution in [2.24, 2.45) is 0 Å². The first-order chi connectivity index (χ1) is 12.0. The third-order valence-electron chi connectivity index (χ3n) is 4.36. The molecule has 1 aliphatic heterocycles. The summed E-state index contributed by atoms with van der Waals surface area (Å²) in [4.78, 5) is 25.8. The molecule has 25 heavy (non-hydrogen) atoms. The molecule has 2 heterocycles. The van der Waals surface area contributed by atoms with Crippen molar-refractivity contribution in [2.75, 3.05) is 55.0 Å². The van der Waals surface area contributed by atoms with Crippen molar-refractivity contribution in [3.63, 3.8) is 0 Å². The summed E-state index contributed by atoms with van der Waals surface area (Å²) < 4.78 is 0. The number of hydrogen-bond acceptors (Lipinski definition) is 7. The van der Waals surface area contributed by atoms with Crippen molar-refractivity contribution in [3.05, 3.63) is 46.1 Å². The van der Waals surface area contributed by atoms with Gasteiger partial charge >= 0.3 is 0 Å². The maximum atomic E-state index is 10.9. The Labute approximate surface area is 146 Å². The van der Waals surface area contributed by atoms with Gasteiger partial charge in [-0.3, -0.25) is 10.1 Å². The Kier molecular flexibility index (Phi) is 4.69. The number of nitrogens with zero attached hydrogens (tertiary/aromatic N) is 6. The maximum absolute atomic E-state index is 10.9. The zero-order valence-corrected chi connectivity index (χ0v) is 14.7. The van der Waals surface area contributed by atoms with Crippen molar-refractivity contribution < 1.29 is 4.92 Å². The fourth-order valence-corrected chi connectivity index (χ4v) is 3.02. The molecular weight excluding hydrogens is 320 g/mol. The van der Waals surface area contributed by atoms with Crippen LogP contribution in [0.3, 0.4) is 0 Å². The van der Waals surface area contributed by atoms with E-state index in [0.717, 1.165) is 43.2 Å². The highest BCUT2D eigenvalue weighted by Crippen LogP contribution is 2.26. The fourth-order valence-electron chi connectivity index (χ4n) is 3.02. The van der Waals surface area contributed by atoms with E-state index in [4.69, 9.17) is 0 Å². The lowest BCUT2D eigenvalue weighted by atomic mass is 10.1. The second-order valence-electron chi connectivity index (χ2n) is 6.31. The summed E-state index contributed by atoms with van der Waals surface area (Å²) >= 11 is 0. The molecule has 1 aromatic carbocycles. The molecule has 1 aromatic heterocycles. The molecule has 0 spiro atoms. The van der Waals surface area contributed by atoms with Crippen LogP contribution in [0.25, 0.3) is 0 Å². The lowest BCUT2D eigenvalue weighted by Gasteiger charge is -2.37. The van der Waals surface area contributed by atoms with E-state index in [-0.39, 0.29) is 10.6 Å². The van der Waals surface area contributed by atoms with Gasteiger partial charge in [-0.25, -0.2) is 4.98 Å². The van der Waals surface area contributed by atoms with Crippen molar-refractivity contribution in [3.8, 4) is 0 Å². The number of nitro benzene ring substituents is 1. The van der Waals surface area contributed by atoms with Crippen LogP contribution in [0.5, 0.6) is 0 Å². The number of non-ortho nitro benzene ring substituents is 1. The molecule has 2 aromatic rings. The predicted octanol–water partition coefficient (Wildman–Crippen LogP) is 2.09. The van der Waals surface area contributed by atoms with E-state index in [9.17, 15) is 10.1 Å². The van der Waals surface area contributed by atoms with E-state index >= 15 is 0 Å². The highest BCUT2D eigenvalue weighted by molar-refractivity contribution is 5.58. The van der Waals surface area contributed by atoms with Gasteiger partial charge in [0.05, 0.1) is 4.92 Å². The Morgan fingerprint density at radius 3 is 2.40 bits per heavy atom. The van der Waals surface area contributed by atoms with Crippen LogP contribution in [0.15, 0.2) is 30.5 Å². The number of aryl methyl sites for hydroxylation is 1. The van der Waals surface area contributed by atoms with Gasteiger partial charge in [0, 0.05) is 64.3 Å². The van der Waals surface area contributed by atoms with Crippen molar-refractivity contribution in [1.82, 2.24) is 9.97 Å². The highest BCUT2D eigenvalue weighted by atomic mass is 16.6. The zero-order valence-electron chi connectivity index (χ0n) is 14.7. The normalized spacial score (nSPS) is 14.5. The third kappa shape index (κ3) is 3.62. The van der Waals surface area contributed by atoms with E-state index in [2.05, 4.69) is 19.8 Å². The standard InChI is InChI=1S/C17H22N6O2/c1-13-12-14(23(24)25)4-5-15(13)21-8-10-22(11-9-21)16-6-7-18-17(19-16)20(2)3/h4-7,12H,8-11H2,1-3H3. The number of benzene rings is 1. The van der Waals surface area contributed by atoms with Crippen LogP contribution in [-0.4, -0.2) is 55.2 Å². The Morgan fingerprint density at radius 2 is 1.80 bits per heavy atom. The number of hydrogen-bond donors (Lipinski definition) is 0. The number of anilines is 3. The minimum atomic E-state index is -0.355. The summed E-state index contributed by atoms with van der Waals surface area (Å²) in [6, 6.07) is 6.98. The molecule has 3 rings (SSSR count). The van der Waals surface area contributed by atoms with Crippen LogP contribution in [0.4, 0.5) is 23.1 Å². The maximum Gasteiger partial charge on any atom is 0.269 e. The minimum absolute atomic E-state index is 0.136. The average molecular weight is 342 g/mol. The molecular formula is C17H22N6O2. The molecule has 8 nitrogen and oxygen atoms in total. The van der Waals surface area contributed by atoms with Crippen molar-refractivity contribution >= 4 is 23.1 Å². The molecule has 0 aliphatic carbocycles. The molecule has 0 radical (unpaired) electrons. The molecule has 0 bridgehead atoms. The Hall–Kier alpha value is -2.90. The number of nitro groups is 1. The van der Waals surface area contributed by atoms with E-state index < -0.39 is 0 Å². The van der Waals surface area contributed by atoms with Crippen LogP contribution in [-0.2, 0) is 0 Å². The Bertz CT molecular complexity index is 771. The van der Waals surface area contributed by atoms with Gasteiger partial charge in [-0.15, -0.1) is 0 Å². The lowest BCUT2D eigenvalue weighted by Crippen LogP contribution is -2.47. The SMILES string of the molecule is Cc1cc([N+](=O)[O-])ccc1N1CCN(c2ccnc(N(C)C)n2)CC1. The first kappa shape index (κ1) is 16.9. The third-order valence-corrected chi connectivity index (χ3v) is 4.36. The molecule has 1 aliphatic rings. The number of aromatic nitrogens is 2. The van der Waals surface area contributed by atoms with E-state index in [0.29, 0.717) is 5.95 Å². The van der Waals surface area contributed by atoms with Gasteiger partial charge in [-0.2, -0.15) is 4.98 Å². The number of rotatable bonds is 4. The molecule has 132 valence electrons. The van der Waals surface area contributed by atoms with Crippen molar-refractivity contribution in [2.45, 2.75) is 6.92 Å². The van der Waals surface area contributed by atoms with Gasteiger partial charge in [0.15, 0.2) is 0 Å². The van der Waals surface area contributed by atoms with Crippen LogP contribution >= 0.6 is 0 Å². The first-order valence-corrected chi connectivity index (χ1v) is 8.21. The molecule has 0 unspecified atom stereocenters. The Morgan fingerprint density at radius 1 is 1.12 bits per heavy atom. The largest absolute Gasteiger partial charge is 0.368 e. The molecule has 0 saturated carbocycles. The molecule has 0 amide bonds. The fraction of sp³-hybridized carbons (Fsp3) is 0.412. The molecule has 8 heteroatoms. The zero-order chi connectivity index (χ0) is 18.0. The van der Waals surface area contributed by atoms with E-state index in [1.807, 2.05) is 38.1 Å². The first-order valence-electron chi connectivity index (χ1n) is 8.21. The topological polar surface area (TPSA) is 78.6 Å². The van der Waals surface area contributed by atoms with Crippen molar-refractivity contribution in [1.29, 1.82) is 0 Å². The molecule has 1 fully saturated rings. The monoisotopic (exact) mass is 342 g/mol. The smallest absolute Gasteiger partial charge is 0.269 e. The van der Waals surface area contributed by atoms with E-state index in [1.165, 1.54) is 0 Å². The minimum Gasteiger partial charge on any atom is -0.368 e. The van der Waals surface area contributed by atoms with E-state index in [1.54, 1.807) is 18.3 Å². The average Bonchev–Trinajstić information content (AvgIpc) is 2.62. The van der Waals surface area contributed by atoms with Gasteiger partial charge < -0.3 is 14.7 Å². The molecule has 1 saturated heterocycles. The quantitative estimate of drug-likeness (QED) is 0.622. The summed E-state index contributed by atoms with van der Waals surface area (Å²) in [6.07, 6.45) is 1.78. The predicted molar refractivity (Wildman–Crippen MR) is 98.6 cm³/mol. The van der Waals surface area contributed by atoms with Crippen LogP contribution < -0.4 is 14.7 Å². The number of piperazine rings is 1. The molecule has 0 atom stereocenters. The summed E-state index contributed by atoms with van der Waals surface area (Å²) in [7, 11) is 3.85. The van der Waals surface area contributed by atoms with Crippen LogP contribution in [0.1, 0.15) is 5.56 Å². The second-order valence-corrected chi connectivity index (χ2v) is 6.31. The van der Waals surface area contributed by atoms with Gasteiger partial charge in [0.1, 0.15) is 5.82 Å². The van der Waals surface area contributed by atoms with Gasteiger partial charge in [0.2, 0.25) is 5.95 Å². The summed E-state index contributed by atoms with van der Waals surface area (Å²) in [5, 5.41) is 10.9. The van der Waals surface area contributed by atoms with Gasteiger partial charge in [-0.05, 0) is 24.6 Å². The van der Waals surface area contributed by atoms with Crippen LogP contribution in [0, 0.1) is 17.0 Å². The highest BCUT2D eigenvalue weighted by Gasteiger charge is 2.21. The van der Waals surface area contributed by atoms with Crippen LogP contribution in [0.2, 0.25) is 0 Å². The van der Waals surface area contributed by atoms with Gasteiger partial charge in [-0.1, -0.05) is 0 Å². The Balaban J connectivity index is 1.70. The lowest BCUT2D eigenvalue weighted by molar-refractivity contribution is -0.384. The second kappa shape index (κ2) is 6.92.